The first kappa shape index (κ1) is 14.8. The van der Waals surface area contributed by atoms with Crippen LogP contribution in [0.25, 0.3) is 0 Å². The molecule has 0 bridgehead atoms. The zero-order valence-corrected chi connectivity index (χ0v) is 9.67. The summed E-state index contributed by atoms with van der Waals surface area (Å²) in [5.41, 5.74) is 22.4. The van der Waals surface area contributed by atoms with Crippen LogP contribution in [0, 0.1) is 5.41 Å². The van der Waals surface area contributed by atoms with Crippen LogP contribution >= 0.6 is 0 Å². The monoisotopic (exact) mass is 217 g/mol. The van der Waals surface area contributed by atoms with E-state index >= 15 is 0 Å². The van der Waals surface area contributed by atoms with E-state index in [0.29, 0.717) is 19.6 Å². The Balaban J connectivity index is 3.74. The van der Waals surface area contributed by atoms with Gasteiger partial charge in [-0.1, -0.05) is 0 Å². The second-order valence-electron chi connectivity index (χ2n) is 4.12. The molecule has 0 saturated carbocycles. The molecule has 0 heterocycles. The first-order valence-corrected chi connectivity index (χ1v) is 5.75. The molecule has 0 aliphatic heterocycles. The maximum Gasteiger partial charge on any atom is 0.00847 e. The van der Waals surface area contributed by atoms with E-state index < -0.39 is 0 Å². The number of hydrogen-bond donors (Lipinski definition) is 5. The summed E-state index contributed by atoms with van der Waals surface area (Å²) < 4.78 is 0. The number of unbranched alkanes of at least 4 members (excludes halogenated alkanes) is 1. The first-order valence-electron chi connectivity index (χ1n) is 5.75. The van der Waals surface area contributed by atoms with Crippen LogP contribution in [-0.4, -0.2) is 39.3 Å². The second kappa shape index (κ2) is 9.06. The average Bonchev–Trinajstić information content (AvgIpc) is 2.27. The van der Waals surface area contributed by atoms with Gasteiger partial charge in [0.15, 0.2) is 0 Å². The summed E-state index contributed by atoms with van der Waals surface area (Å²) in [7, 11) is 0. The molecule has 0 aromatic heterocycles. The van der Waals surface area contributed by atoms with Crippen LogP contribution in [0.5, 0.6) is 0 Å². The number of rotatable bonds is 10. The van der Waals surface area contributed by atoms with Crippen molar-refractivity contribution in [2.24, 2.45) is 28.3 Å². The molecule has 0 aromatic carbocycles. The van der Waals surface area contributed by atoms with Gasteiger partial charge in [0.1, 0.15) is 0 Å². The van der Waals surface area contributed by atoms with Crippen LogP contribution in [0.3, 0.4) is 0 Å². The van der Waals surface area contributed by atoms with Gasteiger partial charge in [0.05, 0.1) is 0 Å². The fraction of sp³-hybridized carbons (Fsp3) is 1.00. The second-order valence-corrected chi connectivity index (χ2v) is 4.12. The molecular formula is C10H27N5. The van der Waals surface area contributed by atoms with E-state index in [9.17, 15) is 0 Å². The molecule has 0 saturated heterocycles. The van der Waals surface area contributed by atoms with Gasteiger partial charge in [0.25, 0.3) is 0 Å². The lowest BCUT2D eigenvalue weighted by Gasteiger charge is -2.31. The topological polar surface area (TPSA) is 116 Å². The third-order valence-corrected chi connectivity index (χ3v) is 2.85. The lowest BCUT2D eigenvalue weighted by atomic mass is 9.84. The number of hydrogen-bond acceptors (Lipinski definition) is 5. The van der Waals surface area contributed by atoms with E-state index in [1.54, 1.807) is 0 Å². The minimum Gasteiger partial charge on any atom is -0.330 e. The predicted molar refractivity (Wildman–Crippen MR) is 65.4 cm³/mol. The Labute approximate surface area is 92.9 Å². The van der Waals surface area contributed by atoms with Crippen molar-refractivity contribution in [1.29, 1.82) is 0 Å². The highest BCUT2D eigenvalue weighted by atomic mass is 14.9. The van der Waals surface area contributed by atoms with E-state index in [0.717, 1.165) is 38.9 Å². The summed E-state index contributed by atoms with van der Waals surface area (Å²) in [4.78, 5) is 0. The van der Waals surface area contributed by atoms with Crippen LogP contribution < -0.4 is 28.3 Å². The van der Waals surface area contributed by atoms with Crippen LogP contribution in [0.15, 0.2) is 0 Å². The van der Waals surface area contributed by atoms with Gasteiger partial charge in [-0.2, -0.15) is 0 Å². The van der Waals surface area contributed by atoms with Crippen molar-refractivity contribution in [2.75, 3.05) is 39.3 Å². The quantitative estimate of drug-likeness (QED) is 0.288. The van der Waals surface area contributed by atoms with E-state index in [1.165, 1.54) is 0 Å². The highest BCUT2D eigenvalue weighted by Crippen LogP contribution is 2.16. The molecule has 0 unspecified atom stereocenters. The van der Waals surface area contributed by atoms with Gasteiger partial charge >= 0.3 is 0 Å². The van der Waals surface area contributed by atoms with E-state index in [-0.39, 0.29) is 5.41 Å². The smallest absolute Gasteiger partial charge is 0.00847 e. The Hall–Kier alpha value is -0.200. The molecule has 0 atom stereocenters. The molecule has 0 aromatic rings. The predicted octanol–water partition coefficient (Wildman–Crippen LogP) is -1.43. The summed E-state index contributed by atoms with van der Waals surface area (Å²) >= 11 is 0. The molecule has 15 heavy (non-hydrogen) atoms. The van der Waals surface area contributed by atoms with Gasteiger partial charge in [0, 0.05) is 25.0 Å². The Kier molecular flexibility index (Phi) is 8.94. The molecule has 0 spiro atoms. The molecule has 0 aliphatic carbocycles. The summed E-state index contributed by atoms with van der Waals surface area (Å²) in [5, 5.41) is 3.38. The Bertz CT molecular complexity index is 136. The summed E-state index contributed by atoms with van der Waals surface area (Å²) in [6.07, 6.45) is 3.04. The molecule has 0 aliphatic rings. The lowest BCUT2D eigenvalue weighted by molar-refractivity contribution is 0.273. The number of nitrogens with two attached hydrogens (primary N) is 4. The summed E-state index contributed by atoms with van der Waals surface area (Å²) in [5.74, 6) is 0. The van der Waals surface area contributed by atoms with Crippen LogP contribution in [-0.2, 0) is 0 Å². The Morgan fingerprint density at radius 2 is 1.53 bits per heavy atom. The van der Waals surface area contributed by atoms with Crippen molar-refractivity contribution in [3.05, 3.63) is 0 Å². The van der Waals surface area contributed by atoms with Gasteiger partial charge < -0.3 is 28.3 Å². The zero-order valence-electron chi connectivity index (χ0n) is 9.67. The maximum atomic E-state index is 5.75. The minimum absolute atomic E-state index is 0.0303. The van der Waals surface area contributed by atoms with Gasteiger partial charge in [-0.15, -0.1) is 0 Å². The van der Waals surface area contributed by atoms with Crippen LogP contribution in [0.4, 0.5) is 0 Å². The molecule has 5 heteroatoms. The highest BCUT2D eigenvalue weighted by molar-refractivity contribution is 4.84. The molecule has 0 fully saturated rings. The first-order chi connectivity index (χ1) is 7.24. The Morgan fingerprint density at radius 1 is 0.867 bits per heavy atom. The van der Waals surface area contributed by atoms with Gasteiger partial charge in [0.2, 0.25) is 0 Å². The third-order valence-electron chi connectivity index (χ3n) is 2.85. The molecule has 5 nitrogen and oxygen atoms in total. The van der Waals surface area contributed by atoms with E-state index in [4.69, 9.17) is 22.9 Å². The Morgan fingerprint density at radius 3 is 2.00 bits per heavy atom. The molecule has 9 N–H and O–H groups in total. The van der Waals surface area contributed by atoms with Crippen molar-refractivity contribution in [3.63, 3.8) is 0 Å². The molecule has 92 valence electrons. The van der Waals surface area contributed by atoms with Crippen LogP contribution in [0.2, 0.25) is 0 Å². The molecule has 0 amide bonds. The van der Waals surface area contributed by atoms with E-state index in [1.807, 2.05) is 0 Å². The van der Waals surface area contributed by atoms with Crippen molar-refractivity contribution in [2.45, 2.75) is 19.3 Å². The SMILES string of the molecule is NCCCCNCC(CN)(CN)CCN. The van der Waals surface area contributed by atoms with E-state index in [2.05, 4.69) is 5.32 Å². The molecular weight excluding hydrogens is 190 g/mol. The lowest BCUT2D eigenvalue weighted by Crippen LogP contribution is -2.47. The third kappa shape index (κ3) is 6.06. The fourth-order valence-electron chi connectivity index (χ4n) is 1.57. The summed E-state index contributed by atoms with van der Waals surface area (Å²) in [6.45, 7) is 4.39. The fourth-order valence-corrected chi connectivity index (χ4v) is 1.57. The maximum absolute atomic E-state index is 5.75. The van der Waals surface area contributed by atoms with Gasteiger partial charge in [-0.05, 0) is 38.9 Å². The standard InChI is InChI=1S/C10H27N5/c11-4-1-2-6-15-9-10(7-13,8-14)3-5-12/h15H,1-9,11-14H2. The summed E-state index contributed by atoms with van der Waals surface area (Å²) in [6, 6.07) is 0. The number of nitrogens with one attached hydrogen (secondary N) is 1. The van der Waals surface area contributed by atoms with Crippen molar-refractivity contribution >= 4 is 0 Å². The van der Waals surface area contributed by atoms with Gasteiger partial charge in [-0.3, -0.25) is 0 Å². The van der Waals surface area contributed by atoms with Crippen molar-refractivity contribution in [1.82, 2.24) is 5.32 Å². The average molecular weight is 217 g/mol. The highest BCUT2D eigenvalue weighted by Gasteiger charge is 2.25. The van der Waals surface area contributed by atoms with Crippen molar-refractivity contribution < 1.29 is 0 Å². The normalized spacial score (nSPS) is 12.0. The van der Waals surface area contributed by atoms with Crippen LogP contribution in [0.1, 0.15) is 19.3 Å². The largest absolute Gasteiger partial charge is 0.330 e. The minimum atomic E-state index is -0.0303. The molecule has 0 rings (SSSR count). The molecule has 0 radical (unpaired) electrons. The zero-order chi connectivity index (χ0) is 11.6. The van der Waals surface area contributed by atoms with Gasteiger partial charge in [-0.25, -0.2) is 0 Å². The van der Waals surface area contributed by atoms with Crippen molar-refractivity contribution in [3.8, 4) is 0 Å².